The Morgan fingerprint density at radius 2 is 1.70 bits per heavy atom. The number of nitro groups is 1. The van der Waals surface area contributed by atoms with Crippen LogP contribution in [0.2, 0.25) is 0 Å². The fourth-order valence-electron chi connectivity index (χ4n) is 2.16. The second-order valence-electron chi connectivity index (χ2n) is 5.45. The van der Waals surface area contributed by atoms with Crippen LogP contribution in [0.25, 0.3) is 0 Å². The molecule has 2 aromatic carbocycles. The van der Waals surface area contributed by atoms with Crippen molar-refractivity contribution in [1.82, 2.24) is 4.31 Å². The Balaban J connectivity index is 2.32. The summed E-state index contributed by atoms with van der Waals surface area (Å²) in [4.78, 5) is 10.3. The van der Waals surface area contributed by atoms with Gasteiger partial charge in [0.25, 0.3) is 5.69 Å². The number of nitro benzene ring substituents is 1. The van der Waals surface area contributed by atoms with Gasteiger partial charge in [0.15, 0.2) is 0 Å². The minimum absolute atomic E-state index is 0.0792. The van der Waals surface area contributed by atoms with Crippen LogP contribution in [-0.4, -0.2) is 24.7 Å². The molecule has 0 saturated heterocycles. The second-order valence-corrected chi connectivity index (χ2v) is 7.50. The second kappa shape index (κ2) is 6.47. The van der Waals surface area contributed by atoms with Gasteiger partial charge in [-0.05, 0) is 25.5 Å². The molecule has 0 heterocycles. The first-order valence-corrected chi connectivity index (χ1v) is 8.43. The van der Waals surface area contributed by atoms with Gasteiger partial charge in [-0.15, -0.1) is 0 Å². The summed E-state index contributed by atoms with van der Waals surface area (Å²) in [7, 11) is -2.33. The van der Waals surface area contributed by atoms with E-state index in [4.69, 9.17) is 0 Å². The molecular formula is C16H18N2O4S. The minimum atomic E-state index is -3.79. The minimum Gasteiger partial charge on any atom is -0.258 e. The Bertz CT molecular complexity index is 830. The van der Waals surface area contributed by atoms with Crippen molar-refractivity contribution in [2.24, 2.45) is 0 Å². The van der Waals surface area contributed by atoms with Gasteiger partial charge in [-0.1, -0.05) is 35.9 Å². The maximum absolute atomic E-state index is 12.6. The normalized spacial score (nSPS) is 11.7. The Hall–Kier alpha value is -2.25. The van der Waals surface area contributed by atoms with Crippen molar-refractivity contribution in [1.29, 1.82) is 0 Å². The molecule has 7 heteroatoms. The van der Waals surface area contributed by atoms with E-state index in [0.717, 1.165) is 17.2 Å². The van der Waals surface area contributed by atoms with Gasteiger partial charge in [0.05, 0.1) is 9.82 Å². The van der Waals surface area contributed by atoms with Gasteiger partial charge in [0, 0.05) is 25.2 Å². The molecule has 0 aromatic heterocycles. The van der Waals surface area contributed by atoms with Gasteiger partial charge in [-0.25, -0.2) is 8.42 Å². The zero-order valence-electron chi connectivity index (χ0n) is 13.2. The van der Waals surface area contributed by atoms with Crippen LogP contribution in [0.1, 0.15) is 16.7 Å². The van der Waals surface area contributed by atoms with Crippen LogP contribution in [-0.2, 0) is 16.6 Å². The average Bonchev–Trinajstić information content (AvgIpc) is 2.49. The lowest BCUT2D eigenvalue weighted by molar-refractivity contribution is -0.385. The van der Waals surface area contributed by atoms with Crippen molar-refractivity contribution >= 4 is 15.7 Å². The highest BCUT2D eigenvalue weighted by atomic mass is 32.2. The molecule has 0 radical (unpaired) electrons. The summed E-state index contributed by atoms with van der Waals surface area (Å²) < 4.78 is 26.4. The van der Waals surface area contributed by atoms with Gasteiger partial charge < -0.3 is 0 Å². The van der Waals surface area contributed by atoms with E-state index in [1.807, 2.05) is 31.2 Å². The molecule has 122 valence electrons. The van der Waals surface area contributed by atoms with Crippen LogP contribution < -0.4 is 0 Å². The first kappa shape index (κ1) is 17.1. The van der Waals surface area contributed by atoms with Gasteiger partial charge in [0.2, 0.25) is 10.0 Å². The number of hydrogen-bond acceptors (Lipinski definition) is 4. The molecule has 0 N–H and O–H groups in total. The number of hydrogen-bond donors (Lipinski definition) is 0. The van der Waals surface area contributed by atoms with Crippen molar-refractivity contribution in [3.8, 4) is 0 Å². The maximum atomic E-state index is 12.6. The SMILES string of the molecule is Cc1ccc(CN(C)S(=O)(=O)c2ccc(C)c([N+](=O)[O-])c2)cc1. The summed E-state index contributed by atoms with van der Waals surface area (Å²) in [6.45, 7) is 3.73. The average molecular weight is 334 g/mol. The highest BCUT2D eigenvalue weighted by Gasteiger charge is 2.24. The van der Waals surface area contributed by atoms with Crippen molar-refractivity contribution in [2.45, 2.75) is 25.3 Å². The third kappa shape index (κ3) is 3.75. The van der Waals surface area contributed by atoms with E-state index >= 15 is 0 Å². The lowest BCUT2D eigenvalue weighted by Gasteiger charge is -2.17. The number of nitrogens with zero attached hydrogens (tertiary/aromatic N) is 2. The molecule has 0 unspecified atom stereocenters. The molecule has 2 aromatic rings. The Morgan fingerprint density at radius 3 is 2.26 bits per heavy atom. The molecule has 0 spiro atoms. The fourth-order valence-corrected chi connectivity index (χ4v) is 3.34. The third-order valence-electron chi connectivity index (χ3n) is 3.61. The summed E-state index contributed by atoms with van der Waals surface area (Å²) in [5.74, 6) is 0. The van der Waals surface area contributed by atoms with Gasteiger partial charge in [-0.2, -0.15) is 4.31 Å². The summed E-state index contributed by atoms with van der Waals surface area (Å²) in [5, 5.41) is 11.0. The van der Waals surface area contributed by atoms with E-state index < -0.39 is 14.9 Å². The van der Waals surface area contributed by atoms with Crippen LogP contribution in [0.4, 0.5) is 5.69 Å². The monoisotopic (exact) mass is 334 g/mol. The Labute approximate surface area is 135 Å². The van der Waals surface area contributed by atoms with Crippen LogP contribution in [0, 0.1) is 24.0 Å². The molecule has 0 aliphatic rings. The van der Waals surface area contributed by atoms with Crippen molar-refractivity contribution in [3.63, 3.8) is 0 Å². The van der Waals surface area contributed by atoms with Crippen LogP contribution in [0.15, 0.2) is 47.4 Å². The molecule has 0 bridgehead atoms. The summed E-state index contributed by atoms with van der Waals surface area (Å²) in [5.41, 5.74) is 2.17. The molecule has 0 aliphatic carbocycles. The van der Waals surface area contributed by atoms with Gasteiger partial charge in [-0.3, -0.25) is 10.1 Å². The lowest BCUT2D eigenvalue weighted by Crippen LogP contribution is -2.26. The standard InChI is InChI=1S/C16H18N2O4S/c1-12-4-7-14(8-5-12)11-17(3)23(21,22)15-9-6-13(2)16(10-15)18(19)20/h4-10H,11H2,1-3H3. The van der Waals surface area contributed by atoms with E-state index in [1.54, 1.807) is 6.92 Å². The summed E-state index contributed by atoms with van der Waals surface area (Å²) >= 11 is 0. The fraction of sp³-hybridized carbons (Fsp3) is 0.250. The molecular weight excluding hydrogens is 316 g/mol. The van der Waals surface area contributed by atoms with Crippen molar-refractivity contribution < 1.29 is 13.3 Å². The van der Waals surface area contributed by atoms with E-state index in [0.29, 0.717) is 5.56 Å². The number of rotatable bonds is 5. The van der Waals surface area contributed by atoms with Crippen molar-refractivity contribution in [2.75, 3.05) is 7.05 Å². The highest BCUT2D eigenvalue weighted by Crippen LogP contribution is 2.24. The first-order valence-electron chi connectivity index (χ1n) is 6.99. The van der Waals surface area contributed by atoms with E-state index in [-0.39, 0.29) is 17.1 Å². The van der Waals surface area contributed by atoms with Crippen LogP contribution >= 0.6 is 0 Å². The molecule has 0 aliphatic heterocycles. The van der Waals surface area contributed by atoms with E-state index in [1.165, 1.54) is 23.5 Å². The Kier molecular flexibility index (Phi) is 4.82. The molecule has 23 heavy (non-hydrogen) atoms. The predicted octanol–water partition coefficient (Wildman–Crippen LogP) is 3.03. The number of aryl methyl sites for hydroxylation is 2. The molecule has 0 atom stereocenters. The number of benzene rings is 2. The van der Waals surface area contributed by atoms with Gasteiger partial charge in [0.1, 0.15) is 0 Å². The molecule has 6 nitrogen and oxygen atoms in total. The molecule has 0 fully saturated rings. The zero-order chi connectivity index (χ0) is 17.2. The van der Waals surface area contributed by atoms with Crippen LogP contribution in [0.3, 0.4) is 0 Å². The van der Waals surface area contributed by atoms with E-state index in [9.17, 15) is 18.5 Å². The van der Waals surface area contributed by atoms with Crippen LogP contribution in [0.5, 0.6) is 0 Å². The van der Waals surface area contributed by atoms with Crippen molar-refractivity contribution in [3.05, 3.63) is 69.3 Å². The third-order valence-corrected chi connectivity index (χ3v) is 5.41. The smallest absolute Gasteiger partial charge is 0.258 e. The largest absolute Gasteiger partial charge is 0.273 e. The highest BCUT2D eigenvalue weighted by molar-refractivity contribution is 7.89. The predicted molar refractivity (Wildman–Crippen MR) is 87.7 cm³/mol. The molecule has 0 amide bonds. The quantitative estimate of drug-likeness (QED) is 0.622. The molecule has 2 rings (SSSR count). The Morgan fingerprint density at radius 1 is 1.09 bits per heavy atom. The number of sulfonamides is 1. The summed E-state index contributed by atoms with van der Waals surface area (Å²) in [6, 6.07) is 11.5. The maximum Gasteiger partial charge on any atom is 0.273 e. The molecule has 0 saturated carbocycles. The lowest BCUT2D eigenvalue weighted by atomic mass is 10.1. The summed E-state index contributed by atoms with van der Waals surface area (Å²) in [6.07, 6.45) is 0. The topological polar surface area (TPSA) is 80.5 Å². The zero-order valence-corrected chi connectivity index (χ0v) is 14.0. The first-order chi connectivity index (χ1) is 10.7. The van der Waals surface area contributed by atoms with E-state index in [2.05, 4.69) is 0 Å². The van der Waals surface area contributed by atoms with Gasteiger partial charge >= 0.3 is 0 Å².